The molecule has 1 atom stereocenters. The summed E-state index contributed by atoms with van der Waals surface area (Å²) in [5.74, 6) is 3.52. The average Bonchev–Trinajstić information content (AvgIpc) is 2.69. The van der Waals surface area contributed by atoms with E-state index in [0.29, 0.717) is 17.4 Å². The summed E-state index contributed by atoms with van der Waals surface area (Å²) in [7, 11) is 0. The first-order chi connectivity index (χ1) is 13.2. The van der Waals surface area contributed by atoms with Gasteiger partial charge in [0.1, 0.15) is 0 Å². The molecule has 4 aliphatic rings. The topological polar surface area (TPSA) is 12.0 Å². The summed E-state index contributed by atoms with van der Waals surface area (Å²) >= 11 is 0. The van der Waals surface area contributed by atoms with Crippen LogP contribution >= 0.6 is 0 Å². The van der Waals surface area contributed by atoms with Crippen molar-refractivity contribution in [3.63, 3.8) is 0 Å². The van der Waals surface area contributed by atoms with Gasteiger partial charge in [-0.1, -0.05) is 60.7 Å². The Bertz CT molecular complexity index is 676. The molecule has 0 radical (unpaired) electrons. The van der Waals surface area contributed by atoms with E-state index >= 15 is 0 Å². The van der Waals surface area contributed by atoms with Crippen molar-refractivity contribution in [2.24, 2.45) is 23.2 Å². The molecule has 0 heterocycles. The molecule has 0 amide bonds. The fourth-order valence-corrected chi connectivity index (χ4v) is 7.02. The van der Waals surface area contributed by atoms with E-state index in [0.717, 1.165) is 24.3 Å². The van der Waals surface area contributed by atoms with Crippen LogP contribution in [0, 0.1) is 23.2 Å². The zero-order valence-electron chi connectivity index (χ0n) is 16.6. The highest BCUT2D eigenvalue weighted by Gasteiger charge is 2.52. The molecule has 1 nitrogen and oxygen atoms in total. The van der Waals surface area contributed by atoms with Crippen molar-refractivity contribution in [3.8, 4) is 0 Å². The summed E-state index contributed by atoms with van der Waals surface area (Å²) in [6.45, 7) is 3.52. The minimum Gasteiger partial charge on any atom is -0.313 e. The second-order valence-electron chi connectivity index (χ2n) is 9.78. The molecule has 2 aromatic rings. The molecule has 4 fully saturated rings. The third-order valence-electron chi connectivity index (χ3n) is 8.04. The van der Waals surface area contributed by atoms with Gasteiger partial charge in [0.25, 0.3) is 0 Å². The predicted octanol–water partition coefficient (Wildman–Crippen LogP) is 6.01. The molecule has 4 bridgehead atoms. The largest absolute Gasteiger partial charge is 0.313 e. The van der Waals surface area contributed by atoms with E-state index in [9.17, 15) is 0 Å². The standard InChI is InChI=1S/C26H33N/c1-19(26-15-20-12-21(16-26)14-22(13-20)17-26)27-18-25(23-8-4-2-5-9-23)24-10-6-3-7-11-24/h2-11,19-22,25,27H,12-18H2,1H3. The van der Waals surface area contributed by atoms with Gasteiger partial charge in [-0.3, -0.25) is 0 Å². The Morgan fingerprint density at radius 3 is 1.67 bits per heavy atom. The minimum atomic E-state index is 0.434. The molecule has 0 aliphatic heterocycles. The van der Waals surface area contributed by atoms with Crippen LogP contribution < -0.4 is 5.32 Å². The molecule has 4 aliphatic carbocycles. The zero-order chi connectivity index (χ0) is 18.3. The van der Waals surface area contributed by atoms with Gasteiger partial charge in [-0.05, 0) is 79.7 Å². The molecule has 1 N–H and O–H groups in total. The van der Waals surface area contributed by atoms with Gasteiger partial charge >= 0.3 is 0 Å². The van der Waals surface area contributed by atoms with Crippen molar-refractivity contribution in [1.82, 2.24) is 5.32 Å². The second kappa shape index (κ2) is 7.09. The van der Waals surface area contributed by atoms with Gasteiger partial charge in [-0.25, -0.2) is 0 Å². The minimum absolute atomic E-state index is 0.434. The Balaban J connectivity index is 1.34. The molecule has 27 heavy (non-hydrogen) atoms. The molecule has 2 aromatic carbocycles. The number of rotatable bonds is 6. The fourth-order valence-electron chi connectivity index (χ4n) is 7.02. The second-order valence-corrected chi connectivity index (χ2v) is 9.78. The van der Waals surface area contributed by atoms with Gasteiger partial charge in [0, 0.05) is 18.5 Å². The SMILES string of the molecule is CC(NCC(c1ccccc1)c1ccccc1)C12CC3CC(CC(C3)C1)C2. The van der Waals surface area contributed by atoms with E-state index in [1.54, 1.807) is 0 Å². The van der Waals surface area contributed by atoms with Crippen molar-refractivity contribution < 1.29 is 0 Å². The number of nitrogens with one attached hydrogen (secondary N) is 1. The molecule has 0 aromatic heterocycles. The first kappa shape index (κ1) is 17.5. The lowest BCUT2D eigenvalue weighted by molar-refractivity contribution is -0.0703. The van der Waals surface area contributed by atoms with Crippen molar-refractivity contribution in [1.29, 1.82) is 0 Å². The van der Waals surface area contributed by atoms with E-state index in [2.05, 4.69) is 72.9 Å². The first-order valence-corrected chi connectivity index (χ1v) is 11.1. The fraction of sp³-hybridized carbons (Fsp3) is 0.538. The van der Waals surface area contributed by atoms with Gasteiger partial charge in [-0.15, -0.1) is 0 Å². The summed E-state index contributed by atoms with van der Waals surface area (Å²) in [4.78, 5) is 0. The van der Waals surface area contributed by atoms with Crippen molar-refractivity contribution >= 4 is 0 Å². The summed E-state index contributed by atoms with van der Waals surface area (Å²) in [6.07, 6.45) is 9.03. The van der Waals surface area contributed by atoms with E-state index in [-0.39, 0.29) is 0 Å². The average molecular weight is 360 g/mol. The molecule has 0 spiro atoms. The highest BCUT2D eigenvalue weighted by Crippen LogP contribution is 2.61. The predicted molar refractivity (Wildman–Crippen MR) is 113 cm³/mol. The summed E-state index contributed by atoms with van der Waals surface area (Å²) in [5.41, 5.74) is 3.43. The van der Waals surface area contributed by atoms with E-state index in [1.165, 1.54) is 49.7 Å². The summed E-state index contributed by atoms with van der Waals surface area (Å²) in [5, 5.41) is 4.04. The highest BCUT2D eigenvalue weighted by molar-refractivity contribution is 5.32. The van der Waals surface area contributed by atoms with Gasteiger partial charge in [0.05, 0.1) is 0 Å². The summed E-state index contributed by atoms with van der Waals surface area (Å²) < 4.78 is 0. The summed E-state index contributed by atoms with van der Waals surface area (Å²) in [6, 6.07) is 22.7. The van der Waals surface area contributed by atoms with Gasteiger partial charge in [-0.2, -0.15) is 0 Å². The molecular weight excluding hydrogens is 326 g/mol. The van der Waals surface area contributed by atoms with Crippen LogP contribution in [0.1, 0.15) is 62.5 Å². The number of benzene rings is 2. The third-order valence-corrected chi connectivity index (χ3v) is 8.04. The van der Waals surface area contributed by atoms with Gasteiger partial charge in [0.15, 0.2) is 0 Å². The zero-order valence-corrected chi connectivity index (χ0v) is 16.6. The smallest absolute Gasteiger partial charge is 0.0214 e. The maximum Gasteiger partial charge on any atom is 0.0214 e. The van der Waals surface area contributed by atoms with Crippen LogP contribution in [0.4, 0.5) is 0 Å². The molecule has 1 heteroatoms. The molecule has 4 saturated carbocycles. The Morgan fingerprint density at radius 1 is 0.778 bits per heavy atom. The van der Waals surface area contributed by atoms with Crippen LogP contribution in [0.15, 0.2) is 60.7 Å². The molecule has 6 rings (SSSR count). The maximum absolute atomic E-state index is 4.04. The van der Waals surface area contributed by atoms with Crippen LogP contribution in [0.25, 0.3) is 0 Å². The lowest BCUT2D eigenvalue weighted by atomic mass is 9.48. The Kier molecular flexibility index (Phi) is 4.60. The van der Waals surface area contributed by atoms with Crippen molar-refractivity contribution in [3.05, 3.63) is 71.8 Å². The van der Waals surface area contributed by atoms with Crippen LogP contribution in [0.2, 0.25) is 0 Å². The molecule has 1 unspecified atom stereocenters. The van der Waals surface area contributed by atoms with Crippen molar-refractivity contribution in [2.45, 2.75) is 57.4 Å². The maximum atomic E-state index is 4.04. The molecular formula is C26H33N. The van der Waals surface area contributed by atoms with Gasteiger partial charge in [0.2, 0.25) is 0 Å². The van der Waals surface area contributed by atoms with Crippen LogP contribution in [-0.2, 0) is 0 Å². The number of hydrogen-bond donors (Lipinski definition) is 1. The van der Waals surface area contributed by atoms with E-state index in [1.807, 2.05) is 0 Å². The van der Waals surface area contributed by atoms with Crippen LogP contribution in [0.5, 0.6) is 0 Å². The normalized spacial score (nSPS) is 32.7. The van der Waals surface area contributed by atoms with Crippen LogP contribution in [0.3, 0.4) is 0 Å². The monoisotopic (exact) mass is 359 g/mol. The Hall–Kier alpha value is -1.60. The lowest BCUT2D eigenvalue weighted by Crippen LogP contribution is -2.55. The first-order valence-electron chi connectivity index (χ1n) is 11.1. The van der Waals surface area contributed by atoms with E-state index < -0.39 is 0 Å². The third kappa shape index (κ3) is 3.36. The molecule has 0 saturated heterocycles. The number of hydrogen-bond acceptors (Lipinski definition) is 1. The van der Waals surface area contributed by atoms with Crippen molar-refractivity contribution in [2.75, 3.05) is 6.54 Å². The highest BCUT2D eigenvalue weighted by atomic mass is 14.9. The quantitative estimate of drug-likeness (QED) is 0.665. The Morgan fingerprint density at radius 2 is 1.22 bits per heavy atom. The Labute approximate surface area is 164 Å². The van der Waals surface area contributed by atoms with E-state index in [4.69, 9.17) is 0 Å². The van der Waals surface area contributed by atoms with Crippen LogP contribution in [-0.4, -0.2) is 12.6 Å². The lowest BCUT2D eigenvalue weighted by Gasteiger charge is -2.59. The van der Waals surface area contributed by atoms with Gasteiger partial charge < -0.3 is 5.32 Å². The molecule has 142 valence electrons.